The highest BCUT2D eigenvalue weighted by Gasteiger charge is 2.28. The maximum absolute atomic E-state index is 13.2. The number of aromatic nitrogens is 3. The summed E-state index contributed by atoms with van der Waals surface area (Å²) in [5.41, 5.74) is 4.82. The van der Waals surface area contributed by atoms with Crippen molar-refractivity contribution in [2.75, 3.05) is 4.72 Å². The summed E-state index contributed by atoms with van der Waals surface area (Å²) in [5, 5.41) is 4.73. The van der Waals surface area contributed by atoms with Crippen molar-refractivity contribution in [2.24, 2.45) is 0 Å². The molecule has 0 unspecified atom stereocenters. The minimum absolute atomic E-state index is 0.0434. The molecule has 1 saturated carbocycles. The van der Waals surface area contributed by atoms with Gasteiger partial charge in [0, 0.05) is 18.0 Å². The fourth-order valence-corrected chi connectivity index (χ4v) is 4.94. The van der Waals surface area contributed by atoms with Crippen LogP contribution in [0.5, 0.6) is 0 Å². The molecule has 4 aromatic rings. The Hall–Kier alpha value is -3.19. The first kappa shape index (κ1) is 20.7. The van der Waals surface area contributed by atoms with Gasteiger partial charge in [0.2, 0.25) is 0 Å². The standard InChI is InChI=1S/C25H26N4O2S/c1-25(2,3)19-8-10-20(11-9-19)32(30,31)28-24-13-12-21(17-6-7-17)23-15-22(27-29(23)24)18-5-4-14-26-16-18/h4-5,8-17,28H,6-7H2,1-3H3. The molecule has 7 heteroatoms. The van der Waals surface area contributed by atoms with E-state index >= 15 is 0 Å². The number of sulfonamides is 1. The highest BCUT2D eigenvalue weighted by molar-refractivity contribution is 7.92. The van der Waals surface area contributed by atoms with Gasteiger partial charge in [-0.3, -0.25) is 9.71 Å². The second kappa shape index (κ2) is 7.45. The van der Waals surface area contributed by atoms with Gasteiger partial charge in [0.15, 0.2) is 0 Å². The second-order valence-electron chi connectivity index (χ2n) is 9.40. The summed E-state index contributed by atoms with van der Waals surface area (Å²) in [6.45, 7) is 6.30. The second-order valence-corrected chi connectivity index (χ2v) is 11.1. The summed E-state index contributed by atoms with van der Waals surface area (Å²) >= 11 is 0. The third kappa shape index (κ3) is 3.88. The van der Waals surface area contributed by atoms with Crippen LogP contribution in [0, 0.1) is 0 Å². The lowest BCUT2D eigenvalue weighted by Crippen LogP contribution is -2.17. The van der Waals surface area contributed by atoms with Crippen LogP contribution in [0.25, 0.3) is 16.8 Å². The van der Waals surface area contributed by atoms with Crippen LogP contribution < -0.4 is 4.72 Å². The molecule has 0 radical (unpaired) electrons. The molecule has 0 amide bonds. The molecular formula is C25H26N4O2S. The number of rotatable bonds is 5. The molecule has 6 nitrogen and oxygen atoms in total. The van der Waals surface area contributed by atoms with Crippen molar-refractivity contribution in [3.8, 4) is 11.3 Å². The van der Waals surface area contributed by atoms with E-state index in [1.807, 2.05) is 42.5 Å². The van der Waals surface area contributed by atoms with E-state index in [4.69, 9.17) is 5.10 Å². The van der Waals surface area contributed by atoms with Gasteiger partial charge in [-0.15, -0.1) is 0 Å². The molecular weight excluding hydrogens is 420 g/mol. The van der Waals surface area contributed by atoms with Crippen LogP contribution in [-0.4, -0.2) is 23.0 Å². The Bertz CT molecular complexity index is 1380. The monoisotopic (exact) mass is 446 g/mol. The minimum Gasteiger partial charge on any atom is -0.264 e. The largest absolute Gasteiger partial charge is 0.264 e. The van der Waals surface area contributed by atoms with Gasteiger partial charge < -0.3 is 0 Å². The van der Waals surface area contributed by atoms with Gasteiger partial charge in [-0.25, -0.2) is 12.9 Å². The maximum Gasteiger partial charge on any atom is 0.263 e. The Morgan fingerprint density at radius 1 is 1.03 bits per heavy atom. The quantitative estimate of drug-likeness (QED) is 0.447. The fourth-order valence-electron chi connectivity index (χ4n) is 3.90. The van der Waals surface area contributed by atoms with Crippen molar-refractivity contribution < 1.29 is 8.42 Å². The van der Waals surface area contributed by atoms with Crippen LogP contribution >= 0.6 is 0 Å². The van der Waals surface area contributed by atoms with Gasteiger partial charge in [0.25, 0.3) is 10.0 Å². The van der Waals surface area contributed by atoms with Crippen molar-refractivity contribution in [3.63, 3.8) is 0 Å². The topological polar surface area (TPSA) is 76.4 Å². The predicted molar refractivity (Wildman–Crippen MR) is 126 cm³/mol. The zero-order valence-corrected chi connectivity index (χ0v) is 19.2. The van der Waals surface area contributed by atoms with Gasteiger partial charge in [0.1, 0.15) is 5.82 Å². The number of benzene rings is 1. The molecule has 1 fully saturated rings. The zero-order valence-electron chi connectivity index (χ0n) is 18.4. The molecule has 1 N–H and O–H groups in total. The van der Waals surface area contributed by atoms with Gasteiger partial charge in [-0.05, 0) is 71.7 Å². The molecule has 5 rings (SSSR count). The zero-order chi connectivity index (χ0) is 22.5. The number of fused-ring (bicyclic) bond motifs is 1. The molecule has 0 aliphatic heterocycles. The number of nitrogens with one attached hydrogen (secondary N) is 1. The Morgan fingerprint density at radius 3 is 2.41 bits per heavy atom. The van der Waals surface area contributed by atoms with Crippen molar-refractivity contribution in [3.05, 3.63) is 78.1 Å². The predicted octanol–water partition coefficient (Wildman–Crippen LogP) is 5.37. The average Bonchev–Trinajstić information content (AvgIpc) is 3.51. The number of hydrogen-bond donors (Lipinski definition) is 1. The third-order valence-electron chi connectivity index (χ3n) is 5.90. The molecule has 32 heavy (non-hydrogen) atoms. The maximum atomic E-state index is 13.2. The highest BCUT2D eigenvalue weighted by Crippen LogP contribution is 2.43. The fraction of sp³-hybridized carbons (Fsp3) is 0.280. The summed E-state index contributed by atoms with van der Waals surface area (Å²) in [4.78, 5) is 4.41. The normalized spacial score (nSPS) is 14.6. The Labute approximate surface area is 188 Å². The van der Waals surface area contributed by atoms with Crippen LogP contribution in [0.2, 0.25) is 0 Å². The number of nitrogens with zero attached hydrogens (tertiary/aromatic N) is 3. The van der Waals surface area contributed by atoms with E-state index < -0.39 is 10.0 Å². The van der Waals surface area contributed by atoms with E-state index in [1.165, 1.54) is 5.56 Å². The number of hydrogen-bond acceptors (Lipinski definition) is 4. The summed E-state index contributed by atoms with van der Waals surface area (Å²) in [6, 6.07) is 16.7. The molecule has 0 bridgehead atoms. The summed E-state index contributed by atoms with van der Waals surface area (Å²) in [6.07, 6.45) is 5.78. The molecule has 0 atom stereocenters. The summed E-state index contributed by atoms with van der Waals surface area (Å²) in [7, 11) is -3.76. The Kier molecular flexibility index (Phi) is 4.82. The summed E-state index contributed by atoms with van der Waals surface area (Å²) in [5.74, 6) is 0.922. The van der Waals surface area contributed by atoms with E-state index in [0.29, 0.717) is 11.7 Å². The first-order chi connectivity index (χ1) is 15.2. The minimum atomic E-state index is -3.76. The molecule has 1 aromatic carbocycles. The van der Waals surface area contributed by atoms with Crippen molar-refractivity contribution in [1.29, 1.82) is 0 Å². The molecule has 3 heterocycles. The van der Waals surface area contributed by atoms with E-state index in [-0.39, 0.29) is 10.3 Å². The van der Waals surface area contributed by atoms with Crippen LogP contribution in [0.3, 0.4) is 0 Å². The summed E-state index contributed by atoms with van der Waals surface area (Å²) < 4.78 is 30.8. The van der Waals surface area contributed by atoms with Crippen LogP contribution in [0.15, 0.2) is 71.9 Å². The van der Waals surface area contributed by atoms with Crippen LogP contribution in [-0.2, 0) is 15.4 Å². The van der Waals surface area contributed by atoms with Gasteiger partial charge in [-0.1, -0.05) is 39.0 Å². The molecule has 1 aliphatic rings. The number of pyridine rings is 2. The molecule has 0 spiro atoms. The molecule has 3 aromatic heterocycles. The Balaban J connectivity index is 1.55. The van der Waals surface area contributed by atoms with E-state index in [9.17, 15) is 8.42 Å². The first-order valence-electron chi connectivity index (χ1n) is 10.8. The number of anilines is 1. The first-order valence-corrected chi connectivity index (χ1v) is 12.3. The van der Waals surface area contributed by atoms with E-state index in [0.717, 1.165) is 35.2 Å². The van der Waals surface area contributed by atoms with Crippen molar-refractivity contribution in [1.82, 2.24) is 14.6 Å². The lowest BCUT2D eigenvalue weighted by molar-refractivity contribution is 0.587. The van der Waals surface area contributed by atoms with Crippen molar-refractivity contribution in [2.45, 2.75) is 49.8 Å². The van der Waals surface area contributed by atoms with Gasteiger partial charge in [-0.2, -0.15) is 5.10 Å². The lowest BCUT2D eigenvalue weighted by atomic mass is 9.87. The molecule has 164 valence electrons. The highest BCUT2D eigenvalue weighted by atomic mass is 32.2. The lowest BCUT2D eigenvalue weighted by Gasteiger charge is -2.19. The van der Waals surface area contributed by atoms with Crippen LogP contribution in [0.1, 0.15) is 50.7 Å². The molecule has 1 aliphatic carbocycles. The van der Waals surface area contributed by atoms with Crippen molar-refractivity contribution >= 4 is 21.4 Å². The SMILES string of the molecule is CC(C)(C)c1ccc(S(=O)(=O)Nc2ccc(C3CC3)c3cc(-c4cccnc4)nn23)cc1. The van der Waals surface area contributed by atoms with Crippen LogP contribution in [0.4, 0.5) is 5.82 Å². The van der Waals surface area contributed by atoms with Gasteiger partial charge in [0.05, 0.1) is 16.1 Å². The third-order valence-corrected chi connectivity index (χ3v) is 7.27. The van der Waals surface area contributed by atoms with E-state index in [2.05, 4.69) is 30.5 Å². The van der Waals surface area contributed by atoms with Gasteiger partial charge >= 0.3 is 0 Å². The average molecular weight is 447 g/mol. The van der Waals surface area contributed by atoms with E-state index in [1.54, 1.807) is 29.0 Å². The smallest absolute Gasteiger partial charge is 0.263 e. The Morgan fingerprint density at radius 2 is 1.78 bits per heavy atom. The molecule has 0 saturated heterocycles.